The van der Waals surface area contributed by atoms with Crippen molar-refractivity contribution in [3.05, 3.63) is 23.7 Å². The molecule has 0 radical (unpaired) electrons. The van der Waals surface area contributed by atoms with E-state index in [0.29, 0.717) is 12.1 Å². The number of hydrogen-bond acceptors (Lipinski definition) is 4. The summed E-state index contributed by atoms with van der Waals surface area (Å²) in [5.41, 5.74) is 1.23. The number of nitrogens with zero attached hydrogens (tertiary/aromatic N) is 1. The molecule has 4 heteroatoms. The highest BCUT2D eigenvalue weighted by Gasteiger charge is 2.22. The molecule has 1 fully saturated rings. The molecule has 0 saturated carbocycles. The van der Waals surface area contributed by atoms with Gasteiger partial charge in [0.1, 0.15) is 5.76 Å². The molecule has 0 spiro atoms. The SMILES string of the molecule is CCC1COCCN1Cc1cc(CNC(C)C)co1. The van der Waals surface area contributed by atoms with Gasteiger partial charge in [-0.05, 0) is 12.5 Å². The van der Waals surface area contributed by atoms with Gasteiger partial charge in [0.05, 0.1) is 26.0 Å². The zero-order valence-corrected chi connectivity index (χ0v) is 12.3. The Labute approximate surface area is 116 Å². The van der Waals surface area contributed by atoms with E-state index in [1.165, 1.54) is 5.56 Å². The van der Waals surface area contributed by atoms with Gasteiger partial charge >= 0.3 is 0 Å². The van der Waals surface area contributed by atoms with Crippen molar-refractivity contribution in [1.29, 1.82) is 0 Å². The Morgan fingerprint density at radius 2 is 2.32 bits per heavy atom. The van der Waals surface area contributed by atoms with Crippen molar-refractivity contribution in [3.8, 4) is 0 Å². The molecular formula is C15H26N2O2. The van der Waals surface area contributed by atoms with E-state index in [4.69, 9.17) is 9.15 Å². The maximum Gasteiger partial charge on any atom is 0.118 e. The summed E-state index contributed by atoms with van der Waals surface area (Å²) in [7, 11) is 0. The molecule has 1 saturated heterocycles. The van der Waals surface area contributed by atoms with Gasteiger partial charge in [-0.25, -0.2) is 0 Å². The van der Waals surface area contributed by atoms with Crippen LogP contribution in [0.2, 0.25) is 0 Å². The lowest BCUT2D eigenvalue weighted by Gasteiger charge is -2.34. The van der Waals surface area contributed by atoms with E-state index in [1.54, 1.807) is 0 Å². The van der Waals surface area contributed by atoms with Crippen molar-refractivity contribution in [3.63, 3.8) is 0 Å². The number of furan rings is 1. The van der Waals surface area contributed by atoms with Crippen LogP contribution in [0.4, 0.5) is 0 Å². The van der Waals surface area contributed by atoms with Gasteiger partial charge in [0.2, 0.25) is 0 Å². The van der Waals surface area contributed by atoms with E-state index in [2.05, 4.69) is 37.1 Å². The van der Waals surface area contributed by atoms with Crippen LogP contribution in [-0.4, -0.2) is 36.7 Å². The standard InChI is InChI=1S/C15H26N2O2/c1-4-14-11-18-6-5-17(14)9-15-7-13(10-19-15)8-16-12(2)3/h7,10,12,14,16H,4-6,8-9,11H2,1-3H3. The normalized spacial score (nSPS) is 21.2. The third-order valence-electron chi connectivity index (χ3n) is 3.60. The number of morpholine rings is 1. The summed E-state index contributed by atoms with van der Waals surface area (Å²) >= 11 is 0. The Morgan fingerprint density at radius 3 is 3.05 bits per heavy atom. The summed E-state index contributed by atoms with van der Waals surface area (Å²) in [6.45, 7) is 11.0. The van der Waals surface area contributed by atoms with Crippen LogP contribution in [0.15, 0.2) is 16.7 Å². The fraction of sp³-hybridized carbons (Fsp3) is 0.733. The van der Waals surface area contributed by atoms with Gasteiger partial charge in [-0.15, -0.1) is 0 Å². The fourth-order valence-corrected chi connectivity index (χ4v) is 2.40. The van der Waals surface area contributed by atoms with Gasteiger partial charge in [0.25, 0.3) is 0 Å². The van der Waals surface area contributed by atoms with E-state index >= 15 is 0 Å². The maximum atomic E-state index is 5.67. The van der Waals surface area contributed by atoms with E-state index in [1.807, 2.05) is 6.26 Å². The van der Waals surface area contributed by atoms with E-state index in [0.717, 1.165) is 45.0 Å². The maximum absolute atomic E-state index is 5.67. The van der Waals surface area contributed by atoms with Crippen molar-refractivity contribution in [2.45, 2.75) is 52.4 Å². The first kappa shape index (κ1) is 14.6. The Morgan fingerprint density at radius 1 is 1.47 bits per heavy atom. The molecule has 1 aromatic heterocycles. The molecule has 4 nitrogen and oxygen atoms in total. The smallest absolute Gasteiger partial charge is 0.118 e. The van der Waals surface area contributed by atoms with Gasteiger partial charge in [-0.1, -0.05) is 20.8 Å². The summed E-state index contributed by atoms with van der Waals surface area (Å²) < 4.78 is 11.2. The van der Waals surface area contributed by atoms with E-state index in [9.17, 15) is 0 Å². The molecule has 0 aromatic carbocycles. The number of nitrogens with one attached hydrogen (secondary N) is 1. The third-order valence-corrected chi connectivity index (χ3v) is 3.60. The summed E-state index contributed by atoms with van der Waals surface area (Å²) in [6, 6.07) is 3.19. The number of ether oxygens (including phenoxy) is 1. The lowest BCUT2D eigenvalue weighted by Crippen LogP contribution is -2.44. The predicted molar refractivity (Wildman–Crippen MR) is 76.0 cm³/mol. The summed E-state index contributed by atoms with van der Waals surface area (Å²) in [5.74, 6) is 1.06. The average molecular weight is 266 g/mol. The zero-order chi connectivity index (χ0) is 13.7. The Bertz CT molecular complexity index is 376. The summed E-state index contributed by atoms with van der Waals surface area (Å²) in [4.78, 5) is 2.46. The van der Waals surface area contributed by atoms with Gasteiger partial charge in [-0.3, -0.25) is 4.90 Å². The molecule has 0 bridgehead atoms. The van der Waals surface area contributed by atoms with Crippen LogP contribution in [-0.2, 0) is 17.8 Å². The van der Waals surface area contributed by atoms with Gasteiger partial charge in [0.15, 0.2) is 0 Å². The molecule has 2 rings (SSSR count). The second kappa shape index (κ2) is 7.08. The van der Waals surface area contributed by atoms with Crippen molar-refractivity contribution >= 4 is 0 Å². The van der Waals surface area contributed by atoms with Crippen LogP contribution >= 0.6 is 0 Å². The minimum absolute atomic E-state index is 0.502. The molecule has 1 N–H and O–H groups in total. The molecular weight excluding hydrogens is 240 g/mol. The van der Waals surface area contributed by atoms with Crippen LogP contribution in [0.25, 0.3) is 0 Å². The van der Waals surface area contributed by atoms with Crippen LogP contribution in [0.3, 0.4) is 0 Å². The fourth-order valence-electron chi connectivity index (χ4n) is 2.40. The summed E-state index contributed by atoms with van der Waals surface area (Å²) in [5, 5.41) is 3.41. The largest absolute Gasteiger partial charge is 0.468 e. The second-order valence-electron chi connectivity index (χ2n) is 5.56. The minimum Gasteiger partial charge on any atom is -0.468 e. The van der Waals surface area contributed by atoms with Crippen molar-refractivity contribution in [2.24, 2.45) is 0 Å². The number of hydrogen-bond donors (Lipinski definition) is 1. The van der Waals surface area contributed by atoms with Gasteiger partial charge < -0.3 is 14.5 Å². The van der Waals surface area contributed by atoms with Crippen LogP contribution in [0, 0.1) is 0 Å². The first-order valence-corrected chi connectivity index (χ1v) is 7.30. The highest BCUT2D eigenvalue weighted by Crippen LogP contribution is 2.16. The first-order valence-electron chi connectivity index (χ1n) is 7.30. The molecule has 2 heterocycles. The zero-order valence-electron chi connectivity index (χ0n) is 12.3. The Balaban J connectivity index is 1.88. The first-order chi connectivity index (χ1) is 9.19. The lowest BCUT2D eigenvalue weighted by atomic mass is 10.1. The lowest BCUT2D eigenvalue weighted by molar-refractivity contribution is -0.0153. The monoisotopic (exact) mass is 266 g/mol. The van der Waals surface area contributed by atoms with Gasteiger partial charge in [0, 0.05) is 30.7 Å². The molecule has 1 aliphatic rings. The summed E-state index contributed by atoms with van der Waals surface area (Å²) in [6.07, 6.45) is 2.99. The van der Waals surface area contributed by atoms with Crippen LogP contribution in [0.1, 0.15) is 38.5 Å². The molecule has 108 valence electrons. The predicted octanol–water partition coefficient (Wildman–Crippen LogP) is 2.39. The Hall–Kier alpha value is -0.840. The molecule has 1 unspecified atom stereocenters. The third kappa shape index (κ3) is 4.34. The topological polar surface area (TPSA) is 37.6 Å². The van der Waals surface area contributed by atoms with Gasteiger partial charge in [-0.2, -0.15) is 0 Å². The van der Waals surface area contributed by atoms with E-state index < -0.39 is 0 Å². The Kier molecular flexibility index (Phi) is 5.43. The average Bonchev–Trinajstić information content (AvgIpc) is 2.85. The van der Waals surface area contributed by atoms with Crippen molar-refractivity contribution in [1.82, 2.24) is 10.2 Å². The molecule has 0 amide bonds. The second-order valence-corrected chi connectivity index (χ2v) is 5.56. The number of rotatable bonds is 6. The molecule has 0 aliphatic carbocycles. The van der Waals surface area contributed by atoms with Crippen molar-refractivity contribution in [2.75, 3.05) is 19.8 Å². The minimum atomic E-state index is 0.502. The van der Waals surface area contributed by atoms with E-state index in [-0.39, 0.29) is 0 Å². The molecule has 1 atom stereocenters. The van der Waals surface area contributed by atoms with Crippen LogP contribution < -0.4 is 5.32 Å². The molecule has 19 heavy (non-hydrogen) atoms. The van der Waals surface area contributed by atoms with Crippen molar-refractivity contribution < 1.29 is 9.15 Å². The highest BCUT2D eigenvalue weighted by molar-refractivity contribution is 5.13. The quantitative estimate of drug-likeness (QED) is 0.858. The molecule has 1 aromatic rings. The molecule has 1 aliphatic heterocycles. The van der Waals surface area contributed by atoms with Crippen LogP contribution in [0.5, 0.6) is 0 Å². The highest BCUT2D eigenvalue weighted by atomic mass is 16.5.